The molecule has 28 heavy (non-hydrogen) atoms. The number of aryl methyl sites for hydroxylation is 3. The molecule has 3 nitrogen and oxygen atoms in total. The van der Waals surface area contributed by atoms with E-state index in [2.05, 4.69) is 62.2 Å². The number of nitrogens with one attached hydrogen (secondary N) is 1. The minimum Gasteiger partial charge on any atom is -0.349 e. The number of halogens is 1. The van der Waals surface area contributed by atoms with E-state index in [0.717, 1.165) is 37.5 Å². The average molecular weight is 399 g/mol. The van der Waals surface area contributed by atoms with Crippen LogP contribution in [0.1, 0.15) is 53.6 Å². The summed E-state index contributed by atoms with van der Waals surface area (Å²) in [6.45, 7) is 11.3. The summed E-state index contributed by atoms with van der Waals surface area (Å²) in [6.07, 6.45) is 1.83. The molecule has 1 aliphatic rings. The van der Waals surface area contributed by atoms with Crippen LogP contribution in [0.5, 0.6) is 0 Å². The molecule has 1 atom stereocenters. The number of rotatable bonds is 5. The number of hydrogen-bond acceptors (Lipinski definition) is 2. The fraction of sp³-hybridized carbons (Fsp3) is 0.458. The van der Waals surface area contributed by atoms with Crippen molar-refractivity contribution in [2.75, 3.05) is 13.1 Å². The quantitative estimate of drug-likeness (QED) is 0.735. The van der Waals surface area contributed by atoms with Crippen LogP contribution in [-0.2, 0) is 11.3 Å². The average Bonchev–Trinajstić information content (AvgIpc) is 2.67. The Hall–Kier alpha value is -1.84. The predicted octanol–water partition coefficient (Wildman–Crippen LogP) is 5.35. The van der Waals surface area contributed by atoms with Crippen molar-refractivity contribution in [3.63, 3.8) is 0 Å². The second-order valence-electron chi connectivity index (χ2n) is 8.20. The van der Waals surface area contributed by atoms with Gasteiger partial charge in [0.15, 0.2) is 0 Å². The standard InChI is InChI=1S/C24H31ClN2O/c1-16-13-18(3)23(14-17(16)2)19(4)26-24(28)21-9-11-27(12-10-21)15-20-5-7-22(25)8-6-20/h5-8,13-14,19,21H,9-12,15H2,1-4H3,(H,26,28)/t19-/m0/s1. The van der Waals surface area contributed by atoms with Gasteiger partial charge in [-0.15, -0.1) is 0 Å². The van der Waals surface area contributed by atoms with Crippen molar-refractivity contribution in [3.05, 3.63) is 69.2 Å². The summed E-state index contributed by atoms with van der Waals surface area (Å²) in [4.78, 5) is 15.2. The minimum absolute atomic E-state index is 0.0406. The monoisotopic (exact) mass is 398 g/mol. The molecule has 150 valence electrons. The molecule has 3 rings (SSSR count). The van der Waals surface area contributed by atoms with Crippen LogP contribution in [0.4, 0.5) is 0 Å². The molecular weight excluding hydrogens is 368 g/mol. The fourth-order valence-corrected chi connectivity index (χ4v) is 4.19. The highest BCUT2D eigenvalue weighted by atomic mass is 35.5. The molecule has 1 saturated heterocycles. The van der Waals surface area contributed by atoms with Gasteiger partial charge in [0.25, 0.3) is 0 Å². The lowest BCUT2D eigenvalue weighted by Crippen LogP contribution is -2.41. The maximum atomic E-state index is 12.8. The van der Waals surface area contributed by atoms with Gasteiger partial charge in [0.05, 0.1) is 6.04 Å². The summed E-state index contributed by atoms with van der Waals surface area (Å²) in [6, 6.07) is 12.5. The van der Waals surface area contributed by atoms with Gasteiger partial charge in [-0.25, -0.2) is 0 Å². The summed E-state index contributed by atoms with van der Waals surface area (Å²) in [5.41, 5.74) is 6.31. The van der Waals surface area contributed by atoms with Crippen molar-refractivity contribution in [2.24, 2.45) is 5.92 Å². The van der Waals surface area contributed by atoms with Crippen molar-refractivity contribution < 1.29 is 4.79 Å². The minimum atomic E-state index is 0.0406. The molecule has 0 spiro atoms. The van der Waals surface area contributed by atoms with Crippen LogP contribution >= 0.6 is 11.6 Å². The number of amides is 1. The van der Waals surface area contributed by atoms with Crippen LogP contribution in [0.25, 0.3) is 0 Å². The third kappa shape index (κ3) is 5.15. The van der Waals surface area contributed by atoms with E-state index < -0.39 is 0 Å². The maximum Gasteiger partial charge on any atom is 0.223 e. The molecule has 0 bridgehead atoms. The molecule has 0 saturated carbocycles. The van der Waals surface area contributed by atoms with Gasteiger partial charge in [-0.2, -0.15) is 0 Å². The number of nitrogens with zero attached hydrogens (tertiary/aromatic N) is 1. The number of carbonyl (C=O) groups excluding carboxylic acids is 1. The van der Waals surface area contributed by atoms with Gasteiger partial charge in [-0.1, -0.05) is 35.9 Å². The Bertz CT molecular complexity index is 823. The van der Waals surface area contributed by atoms with Crippen LogP contribution in [-0.4, -0.2) is 23.9 Å². The number of hydrogen-bond donors (Lipinski definition) is 1. The zero-order valence-electron chi connectivity index (χ0n) is 17.4. The Kier molecular flexibility index (Phi) is 6.79. The van der Waals surface area contributed by atoms with Crippen molar-refractivity contribution >= 4 is 17.5 Å². The van der Waals surface area contributed by atoms with Crippen molar-refractivity contribution in [1.82, 2.24) is 10.2 Å². The molecule has 1 amide bonds. The molecule has 2 aromatic carbocycles. The van der Waals surface area contributed by atoms with Crippen LogP contribution in [0.15, 0.2) is 36.4 Å². The van der Waals surface area contributed by atoms with Gasteiger partial charge >= 0.3 is 0 Å². The molecule has 0 radical (unpaired) electrons. The fourth-order valence-electron chi connectivity index (χ4n) is 4.06. The molecule has 1 aliphatic heterocycles. The molecule has 2 aromatic rings. The zero-order chi connectivity index (χ0) is 20.3. The first-order chi connectivity index (χ1) is 13.3. The molecule has 0 aromatic heterocycles. The lowest BCUT2D eigenvalue weighted by molar-refractivity contribution is -0.127. The topological polar surface area (TPSA) is 32.3 Å². The van der Waals surface area contributed by atoms with E-state index in [-0.39, 0.29) is 17.9 Å². The van der Waals surface area contributed by atoms with Gasteiger partial charge in [0.2, 0.25) is 5.91 Å². The highest BCUT2D eigenvalue weighted by molar-refractivity contribution is 6.30. The van der Waals surface area contributed by atoms with E-state index in [0.29, 0.717) is 0 Å². The Morgan fingerprint density at radius 2 is 1.68 bits per heavy atom. The smallest absolute Gasteiger partial charge is 0.223 e. The van der Waals surface area contributed by atoms with Gasteiger partial charge in [0, 0.05) is 17.5 Å². The van der Waals surface area contributed by atoms with E-state index in [1.165, 1.54) is 27.8 Å². The lowest BCUT2D eigenvalue weighted by Gasteiger charge is -2.32. The van der Waals surface area contributed by atoms with E-state index in [9.17, 15) is 4.79 Å². The second-order valence-corrected chi connectivity index (χ2v) is 8.64. The van der Waals surface area contributed by atoms with Crippen LogP contribution in [0.2, 0.25) is 5.02 Å². The van der Waals surface area contributed by atoms with Gasteiger partial charge in [-0.05, 0) is 93.6 Å². The third-order valence-electron chi connectivity index (χ3n) is 5.99. The summed E-state index contributed by atoms with van der Waals surface area (Å²) < 4.78 is 0. The van der Waals surface area contributed by atoms with Crippen molar-refractivity contribution in [1.29, 1.82) is 0 Å². The molecule has 1 heterocycles. The van der Waals surface area contributed by atoms with Gasteiger partial charge in [-0.3, -0.25) is 9.69 Å². The highest BCUT2D eigenvalue weighted by Gasteiger charge is 2.26. The van der Waals surface area contributed by atoms with Crippen LogP contribution in [0, 0.1) is 26.7 Å². The Morgan fingerprint density at radius 3 is 2.32 bits per heavy atom. The maximum absolute atomic E-state index is 12.8. The van der Waals surface area contributed by atoms with E-state index in [1.807, 2.05) is 12.1 Å². The largest absolute Gasteiger partial charge is 0.349 e. The Morgan fingerprint density at radius 1 is 1.07 bits per heavy atom. The first kappa shape index (κ1) is 20.9. The van der Waals surface area contributed by atoms with E-state index >= 15 is 0 Å². The van der Waals surface area contributed by atoms with E-state index in [1.54, 1.807) is 0 Å². The number of benzene rings is 2. The van der Waals surface area contributed by atoms with Crippen molar-refractivity contribution in [3.8, 4) is 0 Å². The first-order valence-electron chi connectivity index (χ1n) is 10.2. The predicted molar refractivity (Wildman–Crippen MR) is 117 cm³/mol. The SMILES string of the molecule is Cc1cc(C)c([C@H](C)NC(=O)C2CCN(Cc3ccc(Cl)cc3)CC2)cc1C. The molecule has 1 fully saturated rings. The summed E-state index contributed by atoms with van der Waals surface area (Å²) in [5, 5.41) is 4.02. The number of likely N-dealkylation sites (tertiary alicyclic amines) is 1. The number of carbonyl (C=O) groups is 1. The summed E-state index contributed by atoms with van der Waals surface area (Å²) in [5.74, 6) is 0.298. The second kappa shape index (κ2) is 9.11. The van der Waals surface area contributed by atoms with Crippen LogP contribution in [0.3, 0.4) is 0 Å². The third-order valence-corrected chi connectivity index (χ3v) is 6.24. The normalized spacial score (nSPS) is 16.8. The molecule has 1 N–H and O–H groups in total. The molecule has 0 aliphatic carbocycles. The lowest BCUT2D eigenvalue weighted by atomic mass is 9.93. The Labute approximate surface area is 174 Å². The summed E-state index contributed by atoms with van der Waals surface area (Å²) >= 11 is 5.96. The molecule has 4 heteroatoms. The van der Waals surface area contributed by atoms with Gasteiger partial charge in [0.1, 0.15) is 0 Å². The number of piperidine rings is 1. The Balaban J connectivity index is 1.52. The zero-order valence-corrected chi connectivity index (χ0v) is 18.1. The highest BCUT2D eigenvalue weighted by Crippen LogP contribution is 2.24. The first-order valence-corrected chi connectivity index (χ1v) is 10.6. The van der Waals surface area contributed by atoms with E-state index in [4.69, 9.17) is 11.6 Å². The van der Waals surface area contributed by atoms with Crippen molar-refractivity contribution in [2.45, 2.75) is 53.1 Å². The van der Waals surface area contributed by atoms with Crippen LogP contribution < -0.4 is 5.32 Å². The summed E-state index contributed by atoms with van der Waals surface area (Å²) in [7, 11) is 0. The molecular formula is C24H31ClN2O. The van der Waals surface area contributed by atoms with Gasteiger partial charge < -0.3 is 5.32 Å². The molecule has 0 unspecified atom stereocenters.